The zero-order valence-electron chi connectivity index (χ0n) is 18.3. The number of aromatic amines is 1. The predicted molar refractivity (Wildman–Crippen MR) is 121 cm³/mol. The molecule has 1 atom stereocenters. The van der Waals surface area contributed by atoms with Gasteiger partial charge >= 0.3 is 0 Å². The molecule has 4 rings (SSSR count). The second-order valence-electron chi connectivity index (χ2n) is 8.46. The molecule has 1 saturated heterocycles. The Kier molecular flexibility index (Phi) is 5.89. The van der Waals surface area contributed by atoms with E-state index in [1.54, 1.807) is 22.1 Å². The summed E-state index contributed by atoms with van der Waals surface area (Å²) < 4.78 is 0. The van der Waals surface area contributed by atoms with E-state index in [2.05, 4.69) is 66.5 Å². The average Bonchev–Trinajstić information content (AvgIpc) is 3.25. The van der Waals surface area contributed by atoms with Gasteiger partial charge in [0.1, 0.15) is 5.69 Å². The number of likely N-dealkylation sites (N-methyl/N-ethyl adjacent to an activating group) is 1. The van der Waals surface area contributed by atoms with Crippen LogP contribution in [0, 0.1) is 19.8 Å². The summed E-state index contributed by atoms with van der Waals surface area (Å²) in [5, 5.41) is 6.60. The number of hydrogen-bond acceptors (Lipinski definition) is 3. The molecule has 2 amide bonds. The second-order valence-corrected chi connectivity index (χ2v) is 8.46. The van der Waals surface area contributed by atoms with E-state index in [0.717, 1.165) is 11.1 Å². The van der Waals surface area contributed by atoms with E-state index in [4.69, 9.17) is 0 Å². The fraction of sp³-hybridized carbons (Fsp3) is 0.320. The number of aryl methyl sites for hydroxylation is 2. The highest BCUT2D eigenvalue weighted by Gasteiger charge is 2.31. The molecule has 31 heavy (non-hydrogen) atoms. The van der Waals surface area contributed by atoms with Crippen molar-refractivity contribution < 1.29 is 9.59 Å². The fourth-order valence-electron chi connectivity index (χ4n) is 4.27. The summed E-state index contributed by atoms with van der Waals surface area (Å²) in [6.45, 7) is 5.66. The smallest absolute Gasteiger partial charge is 0.271 e. The molecule has 3 aromatic rings. The van der Waals surface area contributed by atoms with Gasteiger partial charge in [0, 0.05) is 32.9 Å². The lowest BCUT2D eigenvalue weighted by Crippen LogP contribution is -2.37. The zero-order chi connectivity index (χ0) is 22.0. The van der Waals surface area contributed by atoms with E-state index < -0.39 is 0 Å². The van der Waals surface area contributed by atoms with Gasteiger partial charge in [-0.15, -0.1) is 0 Å². The Morgan fingerprint density at radius 3 is 2.39 bits per heavy atom. The standard InChI is InChI=1S/C25H28N4O2/c1-17-12-18(2)14-21(13-17)20-6-4-19(5-7-20)15-22-16-29(11-10-28(3)24(22)30)25(31)23-8-9-26-27-23/h4-9,12-14,22H,10-11,15-16H2,1-3H3,(H,26,27)/t22-/m0/s1. The number of benzene rings is 2. The number of nitrogens with one attached hydrogen (secondary N) is 1. The highest BCUT2D eigenvalue weighted by Crippen LogP contribution is 2.24. The molecule has 2 heterocycles. The number of aromatic nitrogens is 2. The van der Waals surface area contributed by atoms with Gasteiger partial charge in [0.25, 0.3) is 5.91 Å². The molecule has 1 fully saturated rings. The molecular weight excluding hydrogens is 388 g/mol. The Labute approximate surface area is 182 Å². The first-order chi connectivity index (χ1) is 14.9. The van der Waals surface area contributed by atoms with Crippen LogP contribution in [-0.2, 0) is 11.2 Å². The fourth-order valence-corrected chi connectivity index (χ4v) is 4.27. The minimum Gasteiger partial charge on any atom is -0.344 e. The highest BCUT2D eigenvalue weighted by molar-refractivity contribution is 5.93. The molecule has 0 bridgehead atoms. The minimum atomic E-state index is -0.272. The third-order valence-corrected chi connectivity index (χ3v) is 5.88. The van der Waals surface area contributed by atoms with Crippen molar-refractivity contribution in [2.75, 3.05) is 26.7 Å². The lowest BCUT2D eigenvalue weighted by molar-refractivity contribution is -0.133. The van der Waals surface area contributed by atoms with Gasteiger partial charge in [0.15, 0.2) is 0 Å². The molecule has 6 nitrogen and oxygen atoms in total. The van der Waals surface area contributed by atoms with Crippen molar-refractivity contribution in [1.82, 2.24) is 20.0 Å². The Balaban J connectivity index is 1.52. The summed E-state index contributed by atoms with van der Waals surface area (Å²) in [4.78, 5) is 29.2. The largest absolute Gasteiger partial charge is 0.344 e. The topological polar surface area (TPSA) is 69.3 Å². The summed E-state index contributed by atoms with van der Waals surface area (Å²) in [6, 6.07) is 16.6. The Morgan fingerprint density at radius 2 is 1.74 bits per heavy atom. The first-order valence-electron chi connectivity index (χ1n) is 10.6. The molecule has 0 spiro atoms. The third-order valence-electron chi connectivity index (χ3n) is 5.88. The number of nitrogens with zero attached hydrogens (tertiary/aromatic N) is 3. The van der Waals surface area contributed by atoms with Gasteiger partial charge in [0.2, 0.25) is 5.91 Å². The number of hydrogen-bond donors (Lipinski definition) is 1. The van der Waals surface area contributed by atoms with Crippen molar-refractivity contribution in [3.8, 4) is 11.1 Å². The molecule has 1 aromatic heterocycles. The van der Waals surface area contributed by atoms with Crippen LogP contribution in [0.2, 0.25) is 0 Å². The van der Waals surface area contributed by atoms with Crippen LogP contribution >= 0.6 is 0 Å². The summed E-state index contributed by atoms with van der Waals surface area (Å²) in [6.07, 6.45) is 2.17. The van der Waals surface area contributed by atoms with Gasteiger partial charge in [0.05, 0.1) is 5.92 Å². The minimum absolute atomic E-state index is 0.0818. The maximum Gasteiger partial charge on any atom is 0.271 e. The van der Waals surface area contributed by atoms with Crippen LogP contribution in [0.5, 0.6) is 0 Å². The van der Waals surface area contributed by atoms with Crippen LogP contribution in [0.25, 0.3) is 11.1 Å². The quantitative estimate of drug-likeness (QED) is 0.708. The second kappa shape index (κ2) is 8.76. The van der Waals surface area contributed by atoms with Gasteiger partial charge in [-0.25, -0.2) is 0 Å². The van der Waals surface area contributed by atoms with Crippen LogP contribution in [0.4, 0.5) is 0 Å². The van der Waals surface area contributed by atoms with Gasteiger partial charge in [-0.1, -0.05) is 53.6 Å². The van der Waals surface area contributed by atoms with Crippen molar-refractivity contribution in [1.29, 1.82) is 0 Å². The van der Waals surface area contributed by atoms with E-state index in [1.807, 2.05) is 7.05 Å². The molecule has 6 heteroatoms. The number of carbonyl (C=O) groups excluding carboxylic acids is 2. The van der Waals surface area contributed by atoms with E-state index >= 15 is 0 Å². The summed E-state index contributed by atoms with van der Waals surface area (Å²) in [5.41, 5.74) is 6.40. The van der Waals surface area contributed by atoms with Gasteiger partial charge in [-0.3, -0.25) is 14.7 Å². The predicted octanol–water partition coefficient (Wildman–Crippen LogP) is 3.47. The molecule has 0 radical (unpaired) electrons. The maximum atomic E-state index is 12.9. The van der Waals surface area contributed by atoms with Crippen molar-refractivity contribution in [2.45, 2.75) is 20.3 Å². The van der Waals surface area contributed by atoms with Crippen LogP contribution in [0.15, 0.2) is 54.7 Å². The van der Waals surface area contributed by atoms with E-state index in [9.17, 15) is 9.59 Å². The summed E-state index contributed by atoms with van der Waals surface area (Å²) in [7, 11) is 1.81. The lowest BCUT2D eigenvalue weighted by Gasteiger charge is -2.23. The first-order valence-corrected chi connectivity index (χ1v) is 10.6. The Bertz CT molecular complexity index is 1050. The SMILES string of the molecule is Cc1cc(C)cc(-c2ccc(C[C@H]3CN(C(=O)c4ccn[nH]4)CCN(C)C3=O)cc2)c1. The van der Waals surface area contributed by atoms with Gasteiger partial charge < -0.3 is 9.80 Å². The number of amides is 2. The normalized spacial score (nSPS) is 17.0. The average molecular weight is 417 g/mol. The Morgan fingerprint density at radius 1 is 1.03 bits per heavy atom. The Hall–Kier alpha value is -3.41. The summed E-state index contributed by atoms with van der Waals surface area (Å²) in [5.74, 6) is -0.305. The monoisotopic (exact) mass is 416 g/mol. The van der Waals surface area contributed by atoms with Crippen molar-refractivity contribution in [2.24, 2.45) is 5.92 Å². The van der Waals surface area contributed by atoms with E-state index in [0.29, 0.717) is 31.7 Å². The highest BCUT2D eigenvalue weighted by atomic mass is 16.2. The molecule has 1 aliphatic rings. The molecule has 2 aromatic carbocycles. The van der Waals surface area contributed by atoms with Crippen LogP contribution < -0.4 is 0 Å². The van der Waals surface area contributed by atoms with Crippen LogP contribution in [0.3, 0.4) is 0 Å². The lowest BCUT2D eigenvalue weighted by atomic mass is 9.95. The van der Waals surface area contributed by atoms with Crippen molar-refractivity contribution >= 4 is 11.8 Å². The molecule has 160 valence electrons. The first kappa shape index (κ1) is 20.8. The molecule has 0 saturated carbocycles. The number of H-pyrrole nitrogens is 1. The van der Waals surface area contributed by atoms with Crippen LogP contribution in [-0.4, -0.2) is 58.5 Å². The maximum absolute atomic E-state index is 12.9. The molecule has 1 N–H and O–H groups in total. The third kappa shape index (κ3) is 4.68. The van der Waals surface area contributed by atoms with E-state index in [1.165, 1.54) is 16.7 Å². The van der Waals surface area contributed by atoms with Crippen LogP contribution in [0.1, 0.15) is 27.2 Å². The number of rotatable bonds is 4. The number of carbonyl (C=O) groups is 2. The molecule has 1 aliphatic heterocycles. The molecular formula is C25H28N4O2. The van der Waals surface area contributed by atoms with Crippen molar-refractivity contribution in [3.63, 3.8) is 0 Å². The zero-order valence-corrected chi connectivity index (χ0v) is 18.3. The van der Waals surface area contributed by atoms with Gasteiger partial charge in [-0.05, 0) is 43.0 Å². The summed E-state index contributed by atoms with van der Waals surface area (Å²) >= 11 is 0. The molecule has 0 unspecified atom stereocenters. The van der Waals surface area contributed by atoms with Crippen molar-refractivity contribution in [3.05, 3.63) is 77.1 Å². The molecule has 0 aliphatic carbocycles. The van der Waals surface area contributed by atoms with Gasteiger partial charge in [-0.2, -0.15) is 5.10 Å². The van der Waals surface area contributed by atoms with E-state index in [-0.39, 0.29) is 17.7 Å².